The summed E-state index contributed by atoms with van der Waals surface area (Å²) < 4.78 is 9.98. The SMILES string of the molecule is CCOC(=O)/C=C/C1CCOCC1. The molecule has 0 atom stereocenters. The monoisotopic (exact) mass is 184 g/mol. The van der Waals surface area contributed by atoms with Crippen LogP contribution in [-0.2, 0) is 14.3 Å². The maximum Gasteiger partial charge on any atom is 0.330 e. The molecule has 1 rings (SSSR count). The lowest BCUT2D eigenvalue weighted by Gasteiger charge is -2.18. The molecule has 1 saturated heterocycles. The lowest BCUT2D eigenvalue weighted by Crippen LogP contribution is -2.14. The van der Waals surface area contributed by atoms with Gasteiger partial charge in [-0.25, -0.2) is 4.79 Å². The molecule has 0 saturated carbocycles. The first kappa shape index (κ1) is 10.3. The van der Waals surface area contributed by atoms with E-state index >= 15 is 0 Å². The van der Waals surface area contributed by atoms with Crippen molar-refractivity contribution in [2.24, 2.45) is 5.92 Å². The second-order valence-corrected chi connectivity index (χ2v) is 3.06. The topological polar surface area (TPSA) is 35.5 Å². The van der Waals surface area contributed by atoms with Crippen LogP contribution in [0.25, 0.3) is 0 Å². The van der Waals surface area contributed by atoms with Crippen molar-refractivity contribution in [3.8, 4) is 0 Å². The Balaban J connectivity index is 2.24. The molecule has 0 unspecified atom stereocenters. The van der Waals surface area contributed by atoms with Crippen molar-refractivity contribution >= 4 is 5.97 Å². The van der Waals surface area contributed by atoms with Crippen LogP contribution in [0.15, 0.2) is 12.2 Å². The van der Waals surface area contributed by atoms with Crippen LogP contribution in [0, 0.1) is 5.92 Å². The number of rotatable bonds is 3. The average Bonchev–Trinajstić information content (AvgIpc) is 2.17. The second-order valence-electron chi connectivity index (χ2n) is 3.06. The fourth-order valence-electron chi connectivity index (χ4n) is 1.31. The summed E-state index contributed by atoms with van der Waals surface area (Å²) in [6, 6.07) is 0. The zero-order valence-corrected chi connectivity index (χ0v) is 7.99. The van der Waals surface area contributed by atoms with Crippen molar-refractivity contribution < 1.29 is 14.3 Å². The smallest absolute Gasteiger partial charge is 0.330 e. The zero-order valence-electron chi connectivity index (χ0n) is 7.99. The zero-order chi connectivity index (χ0) is 9.52. The lowest BCUT2D eigenvalue weighted by atomic mass is 10.00. The number of ether oxygens (including phenoxy) is 2. The molecule has 3 nitrogen and oxygen atoms in total. The van der Waals surface area contributed by atoms with Crippen molar-refractivity contribution in [2.75, 3.05) is 19.8 Å². The quantitative estimate of drug-likeness (QED) is 0.493. The maximum atomic E-state index is 10.9. The Morgan fingerprint density at radius 1 is 1.54 bits per heavy atom. The van der Waals surface area contributed by atoms with Crippen LogP contribution < -0.4 is 0 Å². The molecule has 0 aliphatic carbocycles. The minimum absolute atomic E-state index is 0.242. The Labute approximate surface area is 78.7 Å². The minimum atomic E-state index is -0.242. The lowest BCUT2D eigenvalue weighted by molar-refractivity contribution is -0.137. The van der Waals surface area contributed by atoms with E-state index in [-0.39, 0.29) is 5.97 Å². The molecule has 13 heavy (non-hydrogen) atoms. The number of carbonyl (C=O) groups excluding carboxylic acids is 1. The van der Waals surface area contributed by atoms with Gasteiger partial charge in [0.25, 0.3) is 0 Å². The summed E-state index contributed by atoms with van der Waals surface area (Å²) in [4.78, 5) is 10.9. The number of carbonyl (C=O) groups is 1. The van der Waals surface area contributed by atoms with Gasteiger partial charge in [-0.1, -0.05) is 6.08 Å². The molecule has 1 heterocycles. The molecule has 1 fully saturated rings. The van der Waals surface area contributed by atoms with E-state index in [9.17, 15) is 4.79 Å². The molecule has 1 aliphatic rings. The van der Waals surface area contributed by atoms with Crippen LogP contribution in [0.2, 0.25) is 0 Å². The third-order valence-electron chi connectivity index (χ3n) is 2.06. The van der Waals surface area contributed by atoms with Crippen LogP contribution in [0.4, 0.5) is 0 Å². The van der Waals surface area contributed by atoms with Gasteiger partial charge in [-0.15, -0.1) is 0 Å². The van der Waals surface area contributed by atoms with Gasteiger partial charge in [0, 0.05) is 19.3 Å². The van der Waals surface area contributed by atoms with Crippen molar-refractivity contribution in [1.29, 1.82) is 0 Å². The third kappa shape index (κ3) is 4.08. The van der Waals surface area contributed by atoms with Gasteiger partial charge in [-0.3, -0.25) is 0 Å². The molecule has 0 aromatic carbocycles. The first-order valence-corrected chi connectivity index (χ1v) is 4.75. The molecule has 0 N–H and O–H groups in total. The van der Waals surface area contributed by atoms with E-state index in [1.807, 2.05) is 6.08 Å². The highest BCUT2D eigenvalue weighted by atomic mass is 16.5. The Morgan fingerprint density at radius 2 is 2.23 bits per heavy atom. The first-order chi connectivity index (χ1) is 6.33. The second kappa shape index (κ2) is 5.75. The van der Waals surface area contributed by atoms with Crippen molar-refractivity contribution in [3.05, 3.63) is 12.2 Å². The van der Waals surface area contributed by atoms with E-state index in [0.29, 0.717) is 12.5 Å². The van der Waals surface area contributed by atoms with Gasteiger partial charge in [0.2, 0.25) is 0 Å². The van der Waals surface area contributed by atoms with Crippen LogP contribution in [0.5, 0.6) is 0 Å². The molecule has 0 spiro atoms. The Morgan fingerprint density at radius 3 is 2.85 bits per heavy atom. The minimum Gasteiger partial charge on any atom is -0.463 e. The van der Waals surface area contributed by atoms with E-state index in [2.05, 4.69) is 0 Å². The number of esters is 1. The largest absolute Gasteiger partial charge is 0.463 e. The summed E-state index contributed by atoms with van der Waals surface area (Å²) in [5.41, 5.74) is 0. The molecule has 3 heteroatoms. The van der Waals surface area contributed by atoms with Gasteiger partial charge in [-0.2, -0.15) is 0 Å². The normalized spacial score (nSPS) is 19.2. The summed E-state index contributed by atoms with van der Waals surface area (Å²) in [5, 5.41) is 0. The summed E-state index contributed by atoms with van der Waals surface area (Å²) in [6.45, 7) is 3.85. The predicted molar refractivity (Wildman–Crippen MR) is 49.3 cm³/mol. The molecule has 74 valence electrons. The van der Waals surface area contributed by atoms with Gasteiger partial charge in [-0.05, 0) is 25.7 Å². The van der Waals surface area contributed by atoms with Crippen LogP contribution in [0.3, 0.4) is 0 Å². The molecular formula is C10H16O3. The van der Waals surface area contributed by atoms with Gasteiger partial charge in [0.1, 0.15) is 0 Å². The Kier molecular flexibility index (Phi) is 4.54. The molecule has 0 radical (unpaired) electrons. The summed E-state index contributed by atoms with van der Waals surface area (Å²) >= 11 is 0. The highest BCUT2D eigenvalue weighted by Gasteiger charge is 2.10. The highest BCUT2D eigenvalue weighted by Crippen LogP contribution is 2.15. The summed E-state index contributed by atoms with van der Waals surface area (Å²) in [7, 11) is 0. The van der Waals surface area contributed by atoms with E-state index in [1.165, 1.54) is 6.08 Å². The fraction of sp³-hybridized carbons (Fsp3) is 0.700. The van der Waals surface area contributed by atoms with Gasteiger partial charge < -0.3 is 9.47 Å². The first-order valence-electron chi connectivity index (χ1n) is 4.75. The van der Waals surface area contributed by atoms with E-state index < -0.39 is 0 Å². The molecular weight excluding hydrogens is 168 g/mol. The van der Waals surface area contributed by atoms with Gasteiger partial charge in [0.05, 0.1) is 6.61 Å². The molecule has 0 aromatic heterocycles. The van der Waals surface area contributed by atoms with Crippen molar-refractivity contribution in [3.63, 3.8) is 0 Å². The fourth-order valence-corrected chi connectivity index (χ4v) is 1.31. The maximum absolute atomic E-state index is 10.9. The molecule has 1 aliphatic heterocycles. The van der Waals surface area contributed by atoms with Crippen LogP contribution >= 0.6 is 0 Å². The summed E-state index contributed by atoms with van der Waals surface area (Å²) in [5.74, 6) is 0.243. The molecule has 0 bridgehead atoms. The molecule has 0 aromatic rings. The van der Waals surface area contributed by atoms with Crippen LogP contribution in [-0.4, -0.2) is 25.8 Å². The highest BCUT2D eigenvalue weighted by molar-refractivity contribution is 5.81. The number of allylic oxidation sites excluding steroid dienone is 1. The Hall–Kier alpha value is -0.830. The third-order valence-corrected chi connectivity index (χ3v) is 2.06. The van der Waals surface area contributed by atoms with Gasteiger partial charge in [0.15, 0.2) is 0 Å². The van der Waals surface area contributed by atoms with E-state index in [1.54, 1.807) is 6.92 Å². The number of hydrogen-bond acceptors (Lipinski definition) is 3. The van der Waals surface area contributed by atoms with Crippen LogP contribution in [0.1, 0.15) is 19.8 Å². The van der Waals surface area contributed by atoms with Gasteiger partial charge >= 0.3 is 5.97 Å². The predicted octanol–water partition coefficient (Wildman–Crippen LogP) is 1.53. The standard InChI is InChI=1S/C10H16O3/c1-2-13-10(11)4-3-9-5-7-12-8-6-9/h3-4,9H,2,5-8H2,1H3/b4-3+. The number of hydrogen-bond donors (Lipinski definition) is 0. The molecule has 0 amide bonds. The van der Waals surface area contributed by atoms with Crippen molar-refractivity contribution in [2.45, 2.75) is 19.8 Å². The summed E-state index contributed by atoms with van der Waals surface area (Å²) in [6.07, 6.45) is 5.48. The Bertz CT molecular complexity index is 181. The van der Waals surface area contributed by atoms with Crippen molar-refractivity contribution in [1.82, 2.24) is 0 Å². The average molecular weight is 184 g/mol. The van der Waals surface area contributed by atoms with E-state index in [0.717, 1.165) is 26.1 Å². The van der Waals surface area contributed by atoms with E-state index in [4.69, 9.17) is 9.47 Å².